The van der Waals surface area contributed by atoms with E-state index in [1.807, 2.05) is 6.92 Å². The first kappa shape index (κ1) is 20.6. The molecule has 2 aromatic heterocycles. The van der Waals surface area contributed by atoms with Gasteiger partial charge in [-0.25, -0.2) is 9.59 Å². The van der Waals surface area contributed by atoms with Crippen molar-refractivity contribution in [1.29, 1.82) is 0 Å². The lowest BCUT2D eigenvalue weighted by Crippen LogP contribution is -2.16. The Morgan fingerprint density at radius 1 is 0.931 bits per heavy atom. The van der Waals surface area contributed by atoms with E-state index in [-0.39, 0.29) is 30.0 Å². The first-order chi connectivity index (χ1) is 13.9. The van der Waals surface area contributed by atoms with Crippen LogP contribution in [0.25, 0.3) is 5.52 Å². The Balaban J connectivity index is 2.36. The third-order valence-corrected chi connectivity index (χ3v) is 4.62. The van der Waals surface area contributed by atoms with Crippen LogP contribution in [0.4, 0.5) is 0 Å². The molecular formula is C22H20ClNO5. The highest BCUT2D eigenvalue weighted by Crippen LogP contribution is 2.30. The molecular weight excluding hydrogens is 394 g/mol. The van der Waals surface area contributed by atoms with E-state index in [2.05, 4.69) is 0 Å². The zero-order valence-electron chi connectivity index (χ0n) is 16.3. The second-order valence-electron chi connectivity index (χ2n) is 6.33. The van der Waals surface area contributed by atoms with Crippen LogP contribution in [0.2, 0.25) is 5.02 Å². The molecule has 0 saturated carbocycles. The summed E-state index contributed by atoms with van der Waals surface area (Å²) in [5.41, 5.74) is 1.54. The van der Waals surface area contributed by atoms with Gasteiger partial charge in [0, 0.05) is 16.8 Å². The fourth-order valence-electron chi connectivity index (χ4n) is 3.11. The van der Waals surface area contributed by atoms with Crippen molar-refractivity contribution in [2.75, 3.05) is 13.2 Å². The van der Waals surface area contributed by atoms with Gasteiger partial charge in [-0.1, -0.05) is 41.4 Å². The molecule has 1 aromatic carbocycles. The van der Waals surface area contributed by atoms with Gasteiger partial charge in [-0.2, -0.15) is 0 Å². The second-order valence-corrected chi connectivity index (χ2v) is 6.77. The largest absolute Gasteiger partial charge is 0.462 e. The van der Waals surface area contributed by atoms with E-state index in [0.29, 0.717) is 16.1 Å². The number of aromatic nitrogens is 1. The molecule has 0 unspecified atom stereocenters. The van der Waals surface area contributed by atoms with Crippen LogP contribution < -0.4 is 0 Å². The van der Waals surface area contributed by atoms with Crippen molar-refractivity contribution >= 4 is 34.8 Å². The number of pyridine rings is 1. The van der Waals surface area contributed by atoms with Crippen molar-refractivity contribution < 1.29 is 23.9 Å². The molecule has 6 nitrogen and oxygen atoms in total. The quantitative estimate of drug-likeness (QED) is 0.440. The Morgan fingerprint density at radius 2 is 1.52 bits per heavy atom. The minimum Gasteiger partial charge on any atom is -0.462 e. The first-order valence-corrected chi connectivity index (χ1v) is 9.56. The average molecular weight is 414 g/mol. The highest BCUT2D eigenvalue weighted by atomic mass is 35.5. The summed E-state index contributed by atoms with van der Waals surface area (Å²) in [6.45, 7) is 5.42. The van der Waals surface area contributed by atoms with Crippen LogP contribution in [-0.2, 0) is 9.47 Å². The van der Waals surface area contributed by atoms with Crippen molar-refractivity contribution in [2.45, 2.75) is 20.8 Å². The summed E-state index contributed by atoms with van der Waals surface area (Å²) in [4.78, 5) is 38.9. The number of aryl methyl sites for hydroxylation is 1. The zero-order valence-corrected chi connectivity index (χ0v) is 17.1. The van der Waals surface area contributed by atoms with Gasteiger partial charge < -0.3 is 13.9 Å². The van der Waals surface area contributed by atoms with Gasteiger partial charge >= 0.3 is 11.9 Å². The van der Waals surface area contributed by atoms with Crippen molar-refractivity contribution in [2.24, 2.45) is 0 Å². The van der Waals surface area contributed by atoms with E-state index in [1.165, 1.54) is 10.5 Å². The van der Waals surface area contributed by atoms with Gasteiger partial charge in [-0.15, -0.1) is 0 Å². The summed E-state index contributed by atoms with van der Waals surface area (Å²) in [6.07, 6.45) is 1.55. The summed E-state index contributed by atoms with van der Waals surface area (Å²) in [5, 5.41) is 0.352. The fourth-order valence-corrected chi connectivity index (χ4v) is 3.27. The Bertz CT molecular complexity index is 1100. The fraction of sp³-hybridized carbons (Fsp3) is 0.227. The number of halogens is 1. The van der Waals surface area contributed by atoms with Gasteiger partial charge in [0.25, 0.3) is 0 Å². The molecule has 0 radical (unpaired) electrons. The molecule has 0 bridgehead atoms. The third-order valence-electron chi connectivity index (χ3n) is 4.39. The molecule has 0 spiro atoms. The Morgan fingerprint density at radius 3 is 2.10 bits per heavy atom. The second kappa shape index (κ2) is 8.49. The molecule has 0 aliphatic heterocycles. The number of carbonyl (C=O) groups excluding carboxylic acids is 3. The number of benzene rings is 1. The number of fused-ring (bicyclic) bond motifs is 1. The predicted molar refractivity (Wildman–Crippen MR) is 109 cm³/mol. The van der Waals surface area contributed by atoms with Crippen LogP contribution in [0.15, 0.2) is 42.6 Å². The number of nitrogens with zero attached hydrogens (tertiary/aromatic N) is 1. The van der Waals surface area contributed by atoms with Crippen LogP contribution in [-0.4, -0.2) is 35.3 Å². The van der Waals surface area contributed by atoms with E-state index in [0.717, 1.165) is 5.56 Å². The molecule has 29 heavy (non-hydrogen) atoms. The number of ether oxygens (including phenoxy) is 2. The van der Waals surface area contributed by atoms with Crippen LogP contribution in [0.1, 0.15) is 56.2 Å². The lowest BCUT2D eigenvalue weighted by atomic mass is 10.0. The summed E-state index contributed by atoms with van der Waals surface area (Å²) in [7, 11) is 0. The van der Waals surface area contributed by atoms with Gasteiger partial charge in [0.05, 0.1) is 18.7 Å². The summed E-state index contributed by atoms with van der Waals surface area (Å²) in [5.74, 6) is -1.91. The molecule has 3 aromatic rings. The predicted octanol–water partition coefficient (Wildman–Crippen LogP) is 4.49. The van der Waals surface area contributed by atoms with Crippen molar-refractivity contribution in [1.82, 2.24) is 4.40 Å². The van der Waals surface area contributed by atoms with Crippen molar-refractivity contribution in [3.63, 3.8) is 0 Å². The number of ketones is 1. The number of hydrogen-bond acceptors (Lipinski definition) is 5. The van der Waals surface area contributed by atoms with Crippen LogP contribution >= 0.6 is 11.6 Å². The van der Waals surface area contributed by atoms with Gasteiger partial charge in [-0.05, 0) is 32.9 Å². The summed E-state index contributed by atoms with van der Waals surface area (Å²) in [6, 6.07) is 10.0. The zero-order chi connectivity index (χ0) is 21.1. The van der Waals surface area contributed by atoms with E-state index in [1.54, 1.807) is 50.4 Å². The first-order valence-electron chi connectivity index (χ1n) is 9.18. The van der Waals surface area contributed by atoms with Gasteiger partial charge in [0.1, 0.15) is 16.8 Å². The standard InChI is InChI=1S/C22H20ClNO5/c1-4-28-21(26)17-16-12-15(23)10-11-24(16)19(18(17)22(27)29-5-2)20(25)14-8-6-13(3)7-9-14/h6-12H,4-5H2,1-3H3. The summed E-state index contributed by atoms with van der Waals surface area (Å²) < 4.78 is 11.8. The van der Waals surface area contributed by atoms with Gasteiger partial charge in [0.2, 0.25) is 5.78 Å². The number of esters is 2. The highest BCUT2D eigenvalue weighted by Gasteiger charge is 2.33. The lowest BCUT2D eigenvalue weighted by molar-refractivity contribution is 0.0480. The Kier molecular flexibility index (Phi) is 6.03. The molecule has 2 heterocycles. The molecule has 0 saturated heterocycles. The maximum atomic E-state index is 13.4. The minimum absolute atomic E-state index is 0.0297. The number of carbonyl (C=O) groups is 3. The molecule has 0 amide bonds. The monoisotopic (exact) mass is 413 g/mol. The smallest absolute Gasteiger partial charge is 0.341 e. The molecule has 7 heteroatoms. The van der Waals surface area contributed by atoms with E-state index in [4.69, 9.17) is 21.1 Å². The maximum absolute atomic E-state index is 13.4. The Hall–Kier alpha value is -3.12. The number of rotatable bonds is 6. The third kappa shape index (κ3) is 3.89. The van der Waals surface area contributed by atoms with Crippen LogP contribution in [0.5, 0.6) is 0 Å². The number of hydrogen-bond donors (Lipinski definition) is 0. The molecule has 0 N–H and O–H groups in total. The van der Waals surface area contributed by atoms with E-state index >= 15 is 0 Å². The molecule has 0 fully saturated rings. The van der Waals surface area contributed by atoms with Crippen molar-refractivity contribution in [3.8, 4) is 0 Å². The Labute approximate surface area is 173 Å². The van der Waals surface area contributed by atoms with Crippen LogP contribution in [0, 0.1) is 6.92 Å². The van der Waals surface area contributed by atoms with E-state index < -0.39 is 17.7 Å². The lowest BCUT2D eigenvalue weighted by Gasteiger charge is -2.07. The minimum atomic E-state index is -0.772. The molecule has 3 rings (SSSR count). The van der Waals surface area contributed by atoms with E-state index in [9.17, 15) is 14.4 Å². The molecule has 0 aliphatic rings. The normalized spacial score (nSPS) is 10.8. The topological polar surface area (TPSA) is 74.1 Å². The molecule has 150 valence electrons. The van der Waals surface area contributed by atoms with Gasteiger partial charge in [0.15, 0.2) is 0 Å². The SMILES string of the molecule is CCOC(=O)c1c(C(=O)OCC)c2cc(Cl)ccn2c1C(=O)c1ccc(C)cc1. The maximum Gasteiger partial charge on any atom is 0.341 e. The average Bonchev–Trinajstić information content (AvgIpc) is 3.02. The van der Waals surface area contributed by atoms with Crippen LogP contribution in [0.3, 0.4) is 0 Å². The molecule has 0 aliphatic carbocycles. The van der Waals surface area contributed by atoms with Crippen molar-refractivity contribution in [3.05, 3.63) is 75.6 Å². The summed E-state index contributed by atoms with van der Waals surface area (Å²) >= 11 is 6.12. The molecule has 0 atom stereocenters. The highest BCUT2D eigenvalue weighted by molar-refractivity contribution is 6.31. The van der Waals surface area contributed by atoms with Gasteiger partial charge in [-0.3, -0.25) is 4.79 Å².